The third kappa shape index (κ3) is 7.21. The minimum atomic E-state index is -0.132. The lowest BCUT2D eigenvalue weighted by Gasteiger charge is -2.24. The minimum Gasteiger partial charge on any atom is -0.320 e. The Morgan fingerprint density at radius 2 is 2.08 bits per heavy atom. The fraction of sp³-hybridized carbons (Fsp3) is 0.524. The molecule has 0 aliphatic rings. The summed E-state index contributed by atoms with van der Waals surface area (Å²) in [6.45, 7) is 3.61. The second-order valence-corrected chi connectivity index (χ2v) is 6.26. The number of nitrogens with zero attached hydrogens (tertiary/aromatic N) is 1. The molecule has 0 aromatic heterocycles. The summed E-state index contributed by atoms with van der Waals surface area (Å²) in [6, 6.07) is 5.49. The topological polar surface area (TPSA) is 49.4 Å². The molecule has 1 rings (SSSR count). The average molecular weight is 342 g/mol. The Morgan fingerprint density at radius 1 is 1.28 bits per heavy atom. The zero-order valence-electron chi connectivity index (χ0n) is 15.7. The first kappa shape index (κ1) is 21.1. The predicted octanol–water partition coefficient (Wildman–Crippen LogP) is 3.04. The molecule has 0 fully saturated rings. The molecule has 0 bridgehead atoms. The molecule has 0 amide bonds. The molecule has 136 valence electrons. The van der Waals surface area contributed by atoms with Gasteiger partial charge in [-0.15, -0.1) is 0 Å². The zero-order chi connectivity index (χ0) is 18.5. The van der Waals surface area contributed by atoms with Gasteiger partial charge in [-0.25, -0.2) is 0 Å². The summed E-state index contributed by atoms with van der Waals surface area (Å²) in [4.78, 5) is 24.7. The Morgan fingerprint density at radius 3 is 2.72 bits per heavy atom. The average Bonchev–Trinajstić information content (AvgIpc) is 2.63. The van der Waals surface area contributed by atoms with Gasteiger partial charge in [0, 0.05) is 24.1 Å². The first-order valence-electron chi connectivity index (χ1n) is 9.04. The molecule has 1 atom stereocenters. The number of likely N-dealkylation sites (N-methyl/N-ethyl adjacent to an activating group) is 1. The lowest BCUT2D eigenvalue weighted by molar-refractivity contribution is -0.112. The highest BCUT2D eigenvalue weighted by molar-refractivity contribution is 5.78. The van der Waals surface area contributed by atoms with Crippen LogP contribution in [0.2, 0.25) is 0 Å². The molecule has 0 radical (unpaired) electrons. The second kappa shape index (κ2) is 12.4. The van der Waals surface area contributed by atoms with E-state index in [4.69, 9.17) is 0 Å². The van der Waals surface area contributed by atoms with Gasteiger partial charge in [0.05, 0.1) is 6.04 Å². The third-order valence-corrected chi connectivity index (χ3v) is 4.26. The molecule has 4 heteroatoms. The number of carbonyl (C=O) groups is 2. The van der Waals surface area contributed by atoms with Crippen LogP contribution in [0.15, 0.2) is 18.2 Å². The van der Waals surface area contributed by atoms with Crippen LogP contribution < -0.4 is 5.32 Å². The van der Waals surface area contributed by atoms with Crippen LogP contribution in [-0.2, 0) is 11.3 Å². The van der Waals surface area contributed by atoms with Crippen molar-refractivity contribution in [1.82, 2.24) is 10.2 Å². The number of hydrogen-bond acceptors (Lipinski definition) is 4. The van der Waals surface area contributed by atoms with Gasteiger partial charge >= 0.3 is 0 Å². The molecule has 0 spiro atoms. The standard InChI is InChI=1S/C21H30N2O2/c1-4-10-20(17-25)23(3)15-21-18(12-9-13-19(21)16-24)11-7-5-6-8-14-22-2/h9,12-13,16-17,20,22H,4-6,8,10,14-15H2,1-3H3. The van der Waals surface area contributed by atoms with Gasteiger partial charge in [0.25, 0.3) is 0 Å². The van der Waals surface area contributed by atoms with Crippen LogP contribution in [0.5, 0.6) is 0 Å². The third-order valence-electron chi connectivity index (χ3n) is 4.26. The molecule has 1 aromatic carbocycles. The fourth-order valence-electron chi connectivity index (χ4n) is 2.74. The van der Waals surface area contributed by atoms with Crippen molar-refractivity contribution in [2.24, 2.45) is 0 Å². The number of hydrogen-bond donors (Lipinski definition) is 1. The van der Waals surface area contributed by atoms with Gasteiger partial charge in [0.15, 0.2) is 0 Å². The molecule has 0 aliphatic carbocycles. The van der Waals surface area contributed by atoms with E-state index >= 15 is 0 Å². The summed E-state index contributed by atoms with van der Waals surface area (Å²) >= 11 is 0. The summed E-state index contributed by atoms with van der Waals surface area (Å²) in [6.07, 6.45) is 6.62. The van der Waals surface area contributed by atoms with Gasteiger partial charge in [-0.2, -0.15) is 0 Å². The maximum atomic E-state index is 11.4. The number of carbonyl (C=O) groups excluding carboxylic acids is 2. The molecule has 25 heavy (non-hydrogen) atoms. The van der Waals surface area contributed by atoms with Crippen molar-refractivity contribution < 1.29 is 9.59 Å². The van der Waals surface area contributed by atoms with Gasteiger partial charge in [-0.1, -0.05) is 37.3 Å². The smallest absolute Gasteiger partial charge is 0.150 e. The molecule has 0 aliphatic heterocycles. The van der Waals surface area contributed by atoms with Crippen LogP contribution in [0.3, 0.4) is 0 Å². The van der Waals surface area contributed by atoms with Crippen LogP contribution >= 0.6 is 0 Å². The van der Waals surface area contributed by atoms with Crippen LogP contribution in [0, 0.1) is 11.8 Å². The lowest BCUT2D eigenvalue weighted by Crippen LogP contribution is -2.33. The molecule has 0 saturated heterocycles. The van der Waals surface area contributed by atoms with E-state index in [-0.39, 0.29) is 6.04 Å². The fourth-order valence-corrected chi connectivity index (χ4v) is 2.74. The first-order valence-corrected chi connectivity index (χ1v) is 9.04. The largest absolute Gasteiger partial charge is 0.320 e. The highest BCUT2D eigenvalue weighted by Crippen LogP contribution is 2.17. The van der Waals surface area contributed by atoms with E-state index in [9.17, 15) is 9.59 Å². The van der Waals surface area contributed by atoms with Crippen molar-refractivity contribution in [3.8, 4) is 11.8 Å². The quantitative estimate of drug-likeness (QED) is 0.381. The summed E-state index contributed by atoms with van der Waals surface area (Å²) < 4.78 is 0. The van der Waals surface area contributed by atoms with Gasteiger partial charge in [-0.05, 0) is 51.5 Å². The molecular weight excluding hydrogens is 312 g/mol. The van der Waals surface area contributed by atoms with E-state index in [1.165, 1.54) is 0 Å². The van der Waals surface area contributed by atoms with Crippen molar-refractivity contribution >= 4 is 12.6 Å². The van der Waals surface area contributed by atoms with E-state index < -0.39 is 0 Å². The highest BCUT2D eigenvalue weighted by atomic mass is 16.1. The van der Waals surface area contributed by atoms with E-state index in [0.29, 0.717) is 12.1 Å². The van der Waals surface area contributed by atoms with Crippen molar-refractivity contribution in [3.05, 3.63) is 34.9 Å². The number of nitrogens with one attached hydrogen (secondary N) is 1. The van der Waals surface area contributed by atoms with Crippen molar-refractivity contribution in [2.45, 2.75) is 51.6 Å². The Hall–Kier alpha value is -1.96. The molecular formula is C21H30N2O2. The van der Waals surface area contributed by atoms with Gasteiger partial charge in [0.1, 0.15) is 12.6 Å². The van der Waals surface area contributed by atoms with Crippen molar-refractivity contribution in [1.29, 1.82) is 0 Å². The normalized spacial score (nSPS) is 11.7. The maximum Gasteiger partial charge on any atom is 0.150 e. The zero-order valence-corrected chi connectivity index (χ0v) is 15.7. The number of rotatable bonds is 11. The Labute approximate surface area is 152 Å². The van der Waals surface area contributed by atoms with E-state index in [0.717, 1.165) is 62.3 Å². The molecule has 0 saturated carbocycles. The number of benzene rings is 1. The SMILES string of the molecule is CCCC(C=O)N(C)Cc1c(C#CCCCCNC)cccc1C=O. The summed E-state index contributed by atoms with van der Waals surface area (Å²) in [5.41, 5.74) is 2.44. The summed E-state index contributed by atoms with van der Waals surface area (Å²) in [5, 5.41) is 3.13. The second-order valence-electron chi connectivity index (χ2n) is 6.26. The van der Waals surface area contributed by atoms with E-state index in [1.54, 1.807) is 0 Å². The Balaban J connectivity index is 2.91. The summed E-state index contributed by atoms with van der Waals surface area (Å²) in [5.74, 6) is 6.43. The van der Waals surface area contributed by atoms with E-state index in [1.807, 2.05) is 37.2 Å². The van der Waals surface area contributed by atoms with Crippen LogP contribution in [0.4, 0.5) is 0 Å². The number of unbranched alkanes of at least 4 members (excludes halogenated alkanes) is 2. The lowest BCUT2D eigenvalue weighted by atomic mass is 10.00. The first-order chi connectivity index (χ1) is 12.2. The predicted molar refractivity (Wildman–Crippen MR) is 103 cm³/mol. The minimum absolute atomic E-state index is 0.132. The van der Waals surface area contributed by atoms with Crippen LogP contribution in [0.1, 0.15) is 60.5 Å². The molecule has 1 unspecified atom stereocenters. The summed E-state index contributed by atoms with van der Waals surface area (Å²) in [7, 11) is 3.87. The van der Waals surface area contributed by atoms with E-state index in [2.05, 4.69) is 24.1 Å². The number of aldehydes is 2. The Bertz CT molecular complexity index is 602. The molecule has 4 nitrogen and oxygen atoms in total. The van der Waals surface area contributed by atoms with Crippen LogP contribution in [-0.4, -0.2) is 44.2 Å². The van der Waals surface area contributed by atoms with Crippen molar-refractivity contribution in [3.63, 3.8) is 0 Å². The van der Waals surface area contributed by atoms with Gasteiger partial charge < -0.3 is 10.1 Å². The molecule has 1 aromatic rings. The van der Waals surface area contributed by atoms with Gasteiger partial charge in [-0.3, -0.25) is 9.69 Å². The van der Waals surface area contributed by atoms with Gasteiger partial charge in [0.2, 0.25) is 0 Å². The van der Waals surface area contributed by atoms with Crippen molar-refractivity contribution in [2.75, 3.05) is 20.6 Å². The highest BCUT2D eigenvalue weighted by Gasteiger charge is 2.16. The Kier molecular flexibility index (Phi) is 10.5. The molecule has 0 heterocycles. The molecule has 1 N–H and O–H groups in total. The van der Waals surface area contributed by atoms with Crippen LogP contribution in [0.25, 0.3) is 0 Å². The maximum absolute atomic E-state index is 11.4. The monoisotopic (exact) mass is 342 g/mol.